The Kier molecular flexibility index (Phi) is 2.51. The van der Waals surface area contributed by atoms with Gasteiger partial charge in [-0.3, -0.25) is 0 Å². The van der Waals surface area contributed by atoms with E-state index >= 15 is 0 Å². The summed E-state index contributed by atoms with van der Waals surface area (Å²) in [6, 6.07) is 0. The molecule has 0 aromatic carbocycles. The zero-order valence-corrected chi connectivity index (χ0v) is 8.95. The molecule has 2 heterocycles. The molecular weight excluding hydrogens is 182 g/mol. The smallest absolute Gasteiger partial charge is 0.183 e. The van der Waals surface area contributed by atoms with Gasteiger partial charge in [-0.1, -0.05) is 0 Å². The SMILES string of the molecule is CCNc1nc2c(s1)CN(C)CC2. The second-order valence-electron chi connectivity index (χ2n) is 3.41. The molecule has 0 saturated carbocycles. The summed E-state index contributed by atoms with van der Waals surface area (Å²) in [7, 11) is 2.16. The number of rotatable bonds is 2. The standard InChI is InChI=1S/C9H15N3S/c1-3-10-9-11-7-4-5-12(2)6-8(7)13-9/h3-6H2,1-2H3,(H,10,11). The molecule has 72 valence electrons. The lowest BCUT2D eigenvalue weighted by atomic mass is 10.2. The largest absolute Gasteiger partial charge is 0.362 e. The van der Waals surface area contributed by atoms with Crippen LogP contribution in [0, 0.1) is 0 Å². The van der Waals surface area contributed by atoms with Crippen LogP contribution in [0.25, 0.3) is 0 Å². The molecule has 2 rings (SSSR count). The lowest BCUT2D eigenvalue weighted by Gasteiger charge is -2.20. The Morgan fingerprint density at radius 3 is 3.23 bits per heavy atom. The first kappa shape index (κ1) is 8.97. The van der Waals surface area contributed by atoms with Crippen molar-refractivity contribution < 1.29 is 0 Å². The van der Waals surface area contributed by atoms with Gasteiger partial charge in [0.2, 0.25) is 0 Å². The molecule has 1 aromatic heterocycles. The normalized spacial score (nSPS) is 17.1. The summed E-state index contributed by atoms with van der Waals surface area (Å²) >= 11 is 1.80. The van der Waals surface area contributed by atoms with E-state index in [1.54, 1.807) is 11.3 Å². The monoisotopic (exact) mass is 197 g/mol. The minimum absolute atomic E-state index is 0.961. The Morgan fingerprint density at radius 2 is 2.46 bits per heavy atom. The van der Waals surface area contributed by atoms with E-state index in [1.807, 2.05) is 0 Å². The van der Waals surface area contributed by atoms with Gasteiger partial charge in [-0.15, -0.1) is 11.3 Å². The van der Waals surface area contributed by atoms with Gasteiger partial charge >= 0.3 is 0 Å². The van der Waals surface area contributed by atoms with Crippen molar-refractivity contribution >= 4 is 16.5 Å². The molecule has 1 N–H and O–H groups in total. The van der Waals surface area contributed by atoms with E-state index in [-0.39, 0.29) is 0 Å². The number of hydrogen-bond donors (Lipinski definition) is 1. The van der Waals surface area contributed by atoms with E-state index in [1.165, 1.54) is 10.6 Å². The third-order valence-corrected chi connectivity index (χ3v) is 3.29. The van der Waals surface area contributed by atoms with Crippen molar-refractivity contribution in [1.82, 2.24) is 9.88 Å². The molecule has 0 aliphatic carbocycles. The van der Waals surface area contributed by atoms with Crippen LogP contribution in [0.2, 0.25) is 0 Å². The first-order valence-corrected chi connectivity index (χ1v) is 5.52. The number of thiazole rings is 1. The van der Waals surface area contributed by atoms with Crippen molar-refractivity contribution in [3.63, 3.8) is 0 Å². The first-order valence-electron chi connectivity index (χ1n) is 4.70. The molecule has 0 radical (unpaired) electrons. The summed E-state index contributed by atoms with van der Waals surface area (Å²) in [5.74, 6) is 0. The highest BCUT2D eigenvalue weighted by molar-refractivity contribution is 7.15. The van der Waals surface area contributed by atoms with Crippen LogP contribution >= 0.6 is 11.3 Å². The van der Waals surface area contributed by atoms with Crippen LogP contribution in [-0.4, -0.2) is 30.0 Å². The van der Waals surface area contributed by atoms with Crippen molar-refractivity contribution in [2.24, 2.45) is 0 Å². The molecule has 1 aliphatic heterocycles. The van der Waals surface area contributed by atoms with Crippen LogP contribution in [0.4, 0.5) is 5.13 Å². The summed E-state index contributed by atoms with van der Waals surface area (Å²) in [5, 5.41) is 4.35. The zero-order valence-electron chi connectivity index (χ0n) is 8.13. The van der Waals surface area contributed by atoms with Gasteiger partial charge in [0.05, 0.1) is 5.69 Å². The van der Waals surface area contributed by atoms with Crippen molar-refractivity contribution in [1.29, 1.82) is 0 Å². The molecule has 1 aliphatic rings. The fourth-order valence-electron chi connectivity index (χ4n) is 1.55. The highest BCUT2D eigenvalue weighted by Gasteiger charge is 2.17. The van der Waals surface area contributed by atoms with E-state index < -0.39 is 0 Å². The van der Waals surface area contributed by atoms with Gasteiger partial charge < -0.3 is 10.2 Å². The van der Waals surface area contributed by atoms with Gasteiger partial charge in [0, 0.05) is 30.9 Å². The maximum absolute atomic E-state index is 4.56. The average molecular weight is 197 g/mol. The molecule has 0 saturated heterocycles. The predicted octanol–water partition coefficient (Wildman–Crippen LogP) is 1.56. The highest BCUT2D eigenvalue weighted by atomic mass is 32.1. The van der Waals surface area contributed by atoms with Gasteiger partial charge in [-0.05, 0) is 14.0 Å². The van der Waals surface area contributed by atoms with Crippen LogP contribution in [-0.2, 0) is 13.0 Å². The third kappa shape index (κ3) is 1.84. The van der Waals surface area contributed by atoms with Crippen LogP contribution in [0.15, 0.2) is 0 Å². The number of anilines is 1. The molecule has 0 atom stereocenters. The van der Waals surface area contributed by atoms with Crippen molar-refractivity contribution in [2.45, 2.75) is 19.9 Å². The Hall–Kier alpha value is -0.610. The minimum atomic E-state index is 0.961. The molecule has 0 bridgehead atoms. The molecule has 13 heavy (non-hydrogen) atoms. The summed E-state index contributed by atoms with van der Waals surface area (Å²) in [4.78, 5) is 8.33. The Morgan fingerprint density at radius 1 is 1.62 bits per heavy atom. The zero-order chi connectivity index (χ0) is 9.26. The fraction of sp³-hybridized carbons (Fsp3) is 0.667. The number of nitrogens with one attached hydrogen (secondary N) is 1. The number of aromatic nitrogens is 1. The molecule has 4 heteroatoms. The van der Waals surface area contributed by atoms with Crippen molar-refractivity contribution in [3.05, 3.63) is 10.6 Å². The quantitative estimate of drug-likeness (QED) is 0.780. The van der Waals surface area contributed by atoms with Gasteiger partial charge in [0.1, 0.15) is 0 Å². The molecule has 1 aromatic rings. The van der Waals surface area contributed by atoms with Gasteiger partial charge in [0.25, 0.3) is 0 Å². The number of hydrogen-bond acceptors (Lipinski definition) is 4. The van der Waals surface area contributed by atoms with Crippen LogP contribution < -0.4 is 5.32 Å². The highest BCUT2D eigenvalue weighted by Crippen LogP contribution is 2.27. The van der Waals surface area contributed by atoms with E-state index in [2.05, 4.69) is 29.2 Å². The lowest BCUT2D eigenvalue weighted by molar-refractivity contribution is 0.314. The van der Waals surface area contributed by atoms with Gasteiger partial charge in [0.15, 0.2) is 5.13 Å². The second-order valence-corrected chi connectivity index (χ2v) is 4.49. The van der Waals surface area contributed by atoms with Crippen LogP contribution in [0.5, 0.6) is 0 Å². The molecule has 0 spiro atoms. The summed E-state index contributed by atoms with van der Waals surface area (Å²) < 4.78 is 0. The topological polar surface area (TPSA) is 28.2 Å². The maximum Gasteiger partial charge on any atom is 0.183 e. The Balaban J connectivity index is 2.18. The molecule has 0 unspecified atom stereocenters. The molecule has 0 amide bonds. The summed E-state index contributed by atoms with van der Waals surface area (Å²) in [5.41, 5.74) is 1.30. The fourth-order valence-corrected chi connectivity index (χ4v) is 2.71. The molecular formula is C9H15N3S. The van der Waals surface area contributed by atoms with Gasteiger partial charge in [-0.2, -0.15) is 0 Å². The van der Waals surface area contributed by atoms with Crippen LogP contribution in [0.1, 0.15) is 17.5 Å². The minimum Gasteiger partial charge on any atom is -0.362 e. The molecule has 0 fully saturated rings. The Bertz CT molecular complexity index is 295. The average Bonchev–Trinajstić information content (AvgIpc) is 2.46. The lowest BCUT2D eigenvalue weighted by Crippen LogP contribution is -2.25. The van der Waals surface area contributed by atoms with E-state index in [9.17, 15) is 0 Å². The number of nitrogens with zero attached hydrogens (tertiary/aromatic N) is 2. The Labute approximate surface area is 82.8 Å². The molecule has 3 nitrogen and oxygen atoms in total. The second kappa shape index (κ2) is 3.64. The van der Waals surface area contributed by atoms with E-state index in [0.29, 0.717) is 0 Å². The number of likely N-dealkylation sites (N-methyl/N-ethyl adjacent to an activating group) is 1. The third-order valence-electron chi connectivity index (χ3n) is 2.25. The first-order chi connectivity index (χ1) is 6.29. The van der Waals surface area contributed by atoms with Crippen molar-refractivity contribution in [2.75, 3.05) is 25.5 Å². The maximum atomic E-state index is 4.56. The van der Waals surface area contributed by atoms with Crippen LogP contribution in [0.3, 0.4) is 0 Å². The van der Waals surface area contributed by atoms with Crippen molar-refractivity contribution in [3.8, 4) is 0 Å². The summed E-state index contributed by atoms with van der Waals surface area (Å²) in [6.07, 6.45) is 1.10. The van der Waals surface area contributed by atoms with E-state index in [0.717, 1.165) is 31.2 Å². The number of fused-ring (bicyclic) bond motifs is 1. The summed E-state index contributed by atoms with van der Waals surface area (Å²) in [6.45, 7) is 5.27. The van der Waals surface area contributed by atoms with Gasteiger partial charge in [-0.25, -0.2) is 4.98 Å². The predicted molar refractivity (Wildman–Crippen MR) is 56.3 cm³/mol. The van der Waals surface area contributed by atoms with E-state index in [4.69, 9.17) is 0 Å².